The first-order valence-electron chi connectivity index (χ1n) is 10.5. The Bertz CT molecular complexity index is 782. The molecule has 0 atom stereocenters. The summed E-state index contributed by atoms with van der Waals surface area (Å²) in [5.41, 5.74) is 4.56. The minimum absolute atomic E-state index is 0.0537. The number of hydrogen-bond donors (Lipinski definition) is 0. The van der Waals surface area contributed by atoms with E-state index >= 15 is 0 Å². The van der Waals surface area contributed by atoms with Crippen LogP contribution in [0, 0.1) is 13.8 Å². The predicted octanol–water partition coefficient (Wildman–Crippen LogP) is 4.20. The molecule has 144 valence electrons. The molecule has 0 unspecified atom stereocenters. The number of imide groups is 1. The summed E-state index contributed by atoms with van der Waals surface area (Å²) in [6, 6.07) is 6.21. The summed E-state index contributed by atoms with van der Waals surface area (Å²) in [6.45, 7) is 5.90. The van der Waals surface area contributed by atoms with Crippen molar-refractivity contribution in [3.8, 4) is 0 Å². The molecule has 0 radical (unpaired) electrons. The van der Waals surface area contributed by atoms with Gasteiger partial charge in [0.15, 0.2) is 0 Å². The number of aryl methyl sites for hydroxylation is 2. The molecule has 1 saturated carbocycles. The Morgan fingerprint density at radius 1 is 0.815 bits per heavy atom. The summed E-state index contributed by atoms with van der Waals surface area (Å²) < 4.78 is 0. The first kappa shape index (κ1) is 18.3. The second kappa shape index (κ2) is 7.49. The molecule has 2 fully saturated rings. The van der Waals surface area contributed by atoms with E-state index in [1.807, 2.05) is 6.07 Å². The van der Waals surface area contributed by atoms with Crippen LogP contribution in [-0.2, 0) is 9.59 Å². The Balaban J connectivity index is 1.76. The maximum atomic E-state index is 13.5. The lowest BCUT2D eigenvalue weighted by molar-refractivity contribution is -0.140. The summed E-state index contributed by atoms with van der Waals surface area (Å²) >= 11 is 0. The van der Waals surface area contributed by atoms with Crippen molar-refractivity contribution in [3.63, 3.8) is 0 Å². The van der Waals surface area contributed by atoms with Gasteiger partial charge in [0, 0.05) is 19.1 Å². The highest BCUT2D eigenvalue weighted by atomic mass is 16.2. The molecule has 4 rings (SSSR count). The van der Waals surface area contributed by atoms with E-state index in [2.05, 4.69) is 30.9 Å². The standard InChI is InChI=1S/C23H30N2O2/c1-16-11-12-18(15-17(16)2)20-21(24-13-7-8-14-24)23(27)25(22(20)26)19-9-5-3-4-6-10-19/h11-12,15,19H,3-10,13-14H2,1-2H3. The molecule has 0 aromatic heterocycles. The smallest absolute Gasteiger partial charge is 0.278 e. The number of benzene rings is 1. The highest BCUT2D eigenvalue weighted by Crippen LogP contribution is 2.37. The third-order valence-electron chi connectivity index (χ3n) is 6.50. The summed E-state index contributed by atoms with van der Waals surface area (Å²) in [5, 5.41) is 0. The lowest BCUT2D eigenvalue weighted by atomic mass is 9.99. The Labute approximate surface area is 162 Å². The van der Waals surface area contributed by atoms with Crippen molar-refractivity contribution in [2.75, 3.05) is 13.1 Å². The van der Waals surface area contributed by atoms with Gasteiger partial charge < -0.3 is 4.90 Å². The highest BCUT2D eigenvalue weighted by molar-refractivity contribution is 6.35. The van der Waals surface area contributed by atoms with E-state index in [-0.39, 0.29) is 17.9 Å². The molecule has 1 saturated heterocycles. The van der Waals surface area contributed by atoms with E-state index in [4.69, 9.17) is 0 Å². The summed E-state index contributed by atoms with van der Waals surface area (Å²) in [4.78, 5) is 30.7. The zero-order valence-electron chi connectivity index (χ0n) is 16.6. The molecule has 1 aromatic rings. The number of rotatable bonds is 3. The molecule has 1 aromatic carbocycles. The van der Waals surface area contributed by atoms with Gasteiger partial charge >= 0.3 is 0 Å². The fourth-order valence-corrected chi connectivity index (χ4v) is 4.77. The second-order valence-corrected chi connectivity index (χ2v) is 8.34. The van der Waals surface area contributed by atoms with Crippen molar-refractivity contribution in [1.29, 1.82) is 0 Å². The zero-order chi connectivity index (χ0) is 19.0. The van der Waals surface area contributed by atoms with Gasteiger partial charge in [-0.3, -0.25) is 14.5 Å². The van der Waals surface area contributed by atoms with Crippen LogP contribution < -0.4 is 0 Å². The Morgan fingerprint density at radius 2 is 1.48 bits per heavy atom. The van der Waals surface area contributed by atoms with Crippen molar-refractivity contribution < 1.29 is 9.59 Å². The van der Waals surface area contributed by atoms with Crippen molar-refractivity contribution >= 4 is 17.4 Å². The highest BCUT2D eigenvalue weighted by Gasteiger charge is 2.45. The number of carbonyl (C=O) groups is 2. The van der Waals surface area contributed by atoms with E-state index in [0.29, 0.717) is 11.3 Å². The Kier molecular flexibility index (Phi) is 5.07. The monoisotopic (exact) mass is 366 g/mol. The third kappa shape index (κ3) is 3.30. The van der Waals surface area contributed by atoms with Crippen molar-refractivity contribution in [3.05, 3.63) is 40.6 Å². The van der Waals surface area contributed by atoms with Crippen LogP contribution in [0.5, 0.6) is 0 Å². The van der Waals surface area contributed by atoms with E-state index in [0.717, 1.165) is 62.7 Å². The van der Waals surface area contributed by atoms with Gasteiger partial charge in [0.1, 0.15) is 5.70 Å². The molecule has 2 amide bonds. The van der Waals surface area contributed by atoms with E-state index < -0.39 is 0 Å². The predicted molar refractivity (Wildman–Crippen MR) is 107 cm³/mol. The topological polar surface area (TPSA) is 40.6 Å². The molecule has 4 heteroatoms. The van der Waals surface area contributed by atoms with Crippen LogP contribution in [0.25, 0.3) is 5.57 Å². The molecule has 1 aliphatic carbocycles. The van der Waals surface area contributed by atoms with Gasteiger partial charge in [-0.2, -0.15) is 0 Å². The SMILES string of the molecule is Cc1ccc(C2=C(N3CCCC3)C(=O)N(C3CCCCCC3)C2=O)cc1C. The van der Waals surface area contributed by atoms with Gasteiger partial charge in [-0.15, -0.1) is 0 Å². The molecule has 2 aliphatic heterocycles. The molecule has 2 heterocycles. The maximum absolute atomic E-state index is 13.5. The van der Waals surface area contributed by atoms with Crippen LogP contribution in [0.15, 0.2) is 23.9 Å². The van der Waals surface area contributed by atoms with E-state index in [9.17, 15) is 9.59 Å². The minimum Gasteiger partial charge on any atom is -0.366 e. The maximum Gasteiger partial charge on any atom is 0.278 e. The van der Waals surface area contributed by atoms with Gasteiger partial charge in [-0.1, -0.05) is 43.9 Å². The van der Waals surface area contributed by atoms with Gasteiger partial charge in [-0.25, -0.2) is 0 Å². The van der Waals surface area contributed by atoms with Crippen molar-refractivity contribution in [2.24, 2.45) is 0 Å². The first-order valence-corrected chi connectivity index (χ1v) is 10.5. The average Bonchev–Trinajstić information content (AvgIpc) is 3.16. The normalized spacial score (nSPS) is 22.1. The quantitative estimate of drug-likeness (QED) is 0.594. The van der Waals surface area contributed by atoms with Crippen LogP contribution in [0.4, 0.5) is 0 Å². The van der Waals surface area contributed by atoms with Crippen LogP contribution in [0.2, 0.25) is 0 Å². The molecule has 0 N–H and O–H groups in total. The molecule has 0 bridgehead atoms. The van der Waals surface area contributed by atoms with E-state index in [1.54, 1.807) is 4.90 Å². The van der Waals surface area contributed by atoms with Crippen molar-refractivity contribution in [2.45, 2.75) is 71.3 Å². The largest absolute Gasteiger partial charge is 0.366 e. The molecule has 0 spiro atoms. The first-order chi connectivity index (χ1) is 13.1. The lowest BCUT2D eigenvalue weighted by Crippen LogP contribution is -2.42. The van der Waals surface area contributed by atoms with Gasteiger partial charge in [0.2, 0.25) is 0 Å². The fraction of sp³-hybridized carbons (Fsp3) is 0.565. The molecule has 3 aliphatic rings. The van der Waals surface area contributed by atoms with Crippen LogP contribution in [0.1, 0.15) is 68.1 Å². The number of hydrogen-bond acceptors (Lipinski definition) is 3. The van der Waals surface area contributed by atoms with Gasteiger partial charge in [0.25, 0.3) is 11.8 Å². The number of carbonyl (C=O) groups excluding carboxylic acids is 2. The average molecular weight is 367 g/mol. The second-order valence-electron chi connectivity index (χ2n) is 8.34. The number of likely N-dealkylation sites (tertiary alicyclic amines) is 1. The minimum atomic E-state index is -0.0722. The lowest BCUT2D eigenvalue weighted by Gasteiger charge is -2.26. The van der Waals surface area contributed by atoms with Crippen molar-refractivity contribution in [1.82, 2.24) is 9.80 Å². The fourth-order valence-electron chi connectivity index (χ4n) is 4.77. The number of nitrogens with zero attached hydrogens (tertiary/aromatic N) is 2. The Hall–Kier alpha value is -2.10. The molecular formula is C23H30N2O2. The van der Waals surface area contributed by atoms with Crippen LogP contribution in [0.3, 0.4) is 0 Å². The summed E-state index contributed by atoms with van der Waals surface area (Å²) in [6.07, 6.45) is 8.73. The van der Waals surface area contributed by atoms with Gasteiger partial charge in [-0.05, 0) is 56.2 Å². The Morgan fingerprint density at radius 3 is 2.11 bits per heavy atom. The molecule has 4 nitrogen and oxygen atoms in total. The van der Waals surface area contributed by atoms with Crippen LogP contribution in [-0.4, -0.2) is 40.7 Å². The van der Waals surface area contributed by atoms with Gasteiger partial charge in [0.05, 0.1) is 5.57 Å². The zero-order valence-corrected chi connectivity index (χ0v) is 16.6. The third-order valence-corrected chi connectivity index (χ3v) is 6.50. The molecule has 27 heavy (non-hydrogen) atoms. The number of amides is 2. The summed E-state index contributed by atoms with van der Waals surface area (Å²) in [7, 11) is 0. The van der Waals surface area contributed by atoms with E-state index in [1.165, 1.54) is 18.4 Å². The summed E-state index contributed by atoms with van der Waals surface area (Å²) in [5.74, 6) is -0.126. The molecular weight excluding hydrogens is 336 g/mol. The van der Waals surface area contributed by atoms with Crippen LogP contribution >= 0.6 is 0 Å².